The molecule has 0 saturated carbocycles. The topological polar surface area (TPSA) is 36.7 Å². The maximum Gasteiger partial charge on any atom is 0.140 e. The van der Waals surface area contributed by atoms with Gasteiger partial charge >= 0.3 is 0 Å². The standard InChI is InChI=1S/C18H13FN2S/c1-11-18(21-12(2)22-11)14-5-3-13(4-6-14)15-7-8-17(19)16(9-15)10-20/h3-9H,1-2H3. The number of nitriles is 1. The molecule has 0 radical (unpaired) electrons. The van der Waals surface area contributed by atoms with Gasteiger partial charge in [0.15, 0.2) is 0 Å². The lowest BCUT2D eigenvalue weighted by atomic mass is 10.0. The summed E-state index contributed by atoms with van der Waals surface area (Å²) in [6, 6.07) is 14.4. The van der Waals surface area contributed by atoms with Gasteiger partial charge in [0.2, 0.25) is 0 Å². The summed E-state index contributed by atoms with van der Waals surface area (Å²) < 4.78 is 13.4. The van der Waals surface area contributed by atoms with Crippen LogP contribution in [0.25, 0.3) is 22.4 Å². The van der Waals surface area contributed by atoms with Crippen LogP contribution in [-0.4, -0.2) is 4.98 Å². The van der Waals surface area contributed by atoms with E-state index in [0.717, 1.165) is 27.4 Å². The highest BCUT2D eigenvalue weighted by Gasteiger charge is 2.09. The number of benzene rings is 2. The molecule has 0 atom stereocenters. The van der Waals surface area contributed by atoms with Crippen molar-refractivity contribution in [2.24, 2.45) is 0 Å². The van der Waals surface area contributed by atoms with Gasteiger partial charge in [0.25, 0.3) is 0 Å². The maximum atomic E-state index is 13.4. The van der Waals surface area contributed by atoms with Crippen molar-refractivity contribution in [3.05, 3.63) is 63.7 Å². The van der Waals surface area contributed by atoms with E-state index >= 15 is 0 Å². The highest BCUT2D eigenvalue weighted by molar-refractivity contribution is 7.11. The van der Waals surface area contributed by atoms with Gasteiger partial charge in [-0.1, -0.05) is 30.3 Å². The van der Waals surface area contributed by atoms with Gasteiger partial charge in [-0.3, -0.25) is 0 Å². The average molecular weight is 308 g/mol. The number of halogens is 1. The molecule has 2 aromatic carbocycles. The second kappa shape index (κ2) is 5.70. The zero-order chi connectivity index (χ0) is 15.7. The van der Waals surface area contributed by atoms with Gasteiger partial charge in [-0.05, 0) is 37.1 Å². The van der Waals surface area contributed by atoms with Crippen molar-refractivity contribution in [3.8, 4) is 28.5 Å². The third-order valence-electron chi connectivity index (χ3n) is 3.48. The minimum absolute atomic E-state index is 0.0625. The minimum atomic E-state index is -0.489. The Morgan fingerprint density at radius 2 is 1.64 bits per heavy atom. The SMILES string of the molecule is Cc1nc(-c2ccc(-c3ccc(F)c(C#N)c3)cc2)c(C)s1. The van der Waals surface area contributed by atoms with Crippen LogP contribution in [0.2, 0.25) is 0 Å². The van der Waals surface area contributed by atoms with Crippen LogP contribution < -0.4 is 0 Å². The summed E-state index contributed by atoms with van der Waals surface area (Å²) in [5.41, 5.74) is 3.91. The smallest absolute Gasteiger partial charge is 0.140 e. The zero-order valence-electron chi connectivity index (χ0n) is 12.2. The summed E-state index contributed by atoms with van der Waals surface area (Å²) in [4.78, 5) is 5.74. The van der Waals surface area contributed by atoms with E-state index in [1.165, 1.54) is 10.9 Å². The second-order valence-electron chi connectivity index (χ2n) is 5.02. The van der Waals surface area contributed by atoms with Crippen LogP contribution in [0.3, 0.4) is 0 Å². The van der Waals surface area contributed by atoms with E-state index in [1.807, 2.05) is 37.3 Å². The molecule has 0 aliphatic carbocycles. The lowest BCUT2D eigenvalue weighted by molar-refractivity contribution is 0.624. The Morgan fingerprint density at radius 1 is 1.00 bits per heavy atom. The molecule has 2 nitrogen and oxygen atoms in total. The van der Waals surface area contributed by atoms with Gasteiger partial charge in [0, 0.05) is 10.4 Å². The van der Waals surface area contributed by atoms with Crippen molar-refractivity contribution in [1.82, 2.24) is 4.98 Å². The molecule has 3 rings (SSSR count). The van der Waals surface area contributed by atoms with Gasteiger partial charge in [-0.15, -0.1) is 11.3 Å². The Hall–Kier alpha value is -2.51. The van der Waals surface area contributed by atoms with Gasteiger partial charge in [-0.25, -0.2) is 9.37 Å². The predicted octanol–water partition coefficient (Wildman–Crippen LogP) is 5.10. The first-order chi connectivity index (χ1) is 10.6. The van der Waals surface area contributed by atoms with Crippen LogP contribution in [0, 0.1) is 31.0 Å². The molecular formula is C18H13FN2S. The predicted molar refractivity (Wildman–Crippen MR) is 87.1 cm³/mol. The van der Waals surface area contributed by atoms with Crippen LogP contribution in [0.1, 0.15) is 15.4 Å². The van der Waals surface area contributed by atoms with Gasteiger partial charge < -0.3 is 0 Å². The van der Waals surface area contributed by atoms with Crippen molar-refractivity contribution in [2.45, 2.75) is 13.8 Å². The molecule has 22 heavy (non-hydrogen) atoms. The Kier molecular flexibility index (Phi) is 3.74. The van der Waals surface area contributed by atoms with Crippen molar-refractivity contribution in [3.63, 3.8) is 0 Å². The average Bonchev–Trinajstić information content (AvgIpc) is 2.86. The van der Waals surface area contributed by atoms with E-state index in [-0.39, 0.29) is 5.56 Å². The number of aromatic nitrogens is 1. The first kappa shape index (κ1) is 14.4. The minimum Gasteiger partial charge on any atom is -0.241 e. The molecule has 0 amide bonds. The highest BCUT2D eigenvalue weighted by Crippen LogP contribution is 2.29. The van der Waals surface area contributed by atoms with Crippen molar-refractivity contribution in [1.29, 1.82) is 5.26 Å². The van der Waals surface area contributed by atoms with E-state index in [9.17, 15) is 4.39 Å². The molecule has 0 bridgehead atoms. The zero-order valence-corrected chi connectivity index (χ0v) is 13.0. The lowest BCUT2D eigenvalue weighted by Gasteiger charge is -2.05. The fourth-order valence-corrected chi connectivity index (χ4v) is 3.25. The number of nitrogens with zero attached hydrogens (tertiary/aromatic N) is 2. The summed E-state index contributed by atoms with van der Waals surface area (Å²) in [6.45, 7) is 4.06. The van der Waals surface area contributed by atoms with E-state index in [2.05, 4.69) is 11.9 Å². The molecule has 0 fully saturated rings. The van der Waals surface area contributed by atoms with Crippen LogP contribution in [-0.2, 0) is 0 Å². The van der Waals surface area contributed by atoms with E-state index in [4.69, 9.17) is 5.26 Å². The van der Waals surface area contributed by atoms with Crippen LogP contribution in [0.4, 0.5) is 4.39 Å². The quantitative estimate of drug-likeness (QED) is 0.660. The maximum absolute atomic E-state index is 13.4. The fourth-order valence-electron chi connectivity index (χ4n) is 2.41. The summed E-state index contributed by atoms with van der Waals surface area (Å²) in [5, 5.41) is 9.97. The number of hydrogen-bond acceptors (Lipinski definition) is 3. The number of thiazole rings is 1. The van der Waals surface area contributed by atoms with Gasteiger partial charge in [-0.2, -0.15) is 5.26 Å². The molecule has 4 heteroatoms. The molecule has 0 unspecified atom stereocenters. The second-order valence-corrected chi connectivity index (χ2v) is 6.43. The molecule has 0 aliphatic rings. The highest BCUT2D eigenvalue weighted by atomic mass is 32.1. The molecule has 0 aliphatic heterocycles. The van der Waals surface area contributed by atoms with Gasteiger partial charge in [0.05, 0.1) is 16.3 Å². The van der Waals surface area contributed by atoms with E-state index in [0.29, 0.717) is 0 Å². The van der Waals surface area contributed by atoms with Crippen LogP contribution >= 0.6 is 11.3 Å². The van der Waals surface area contributed by atoms with Crippen LogP contribution in [0.5, 0.6) is 0 Å². The summed E-state index contributed by atoms with van der Waals surface area (Å²) in [6.07, 6.45) is 0. The molecule has 1 heterocycles. The van der Waals surface area contributed by atoms with Crippen molar-refractivity contribution < 1.29 is 4.39 Å². The Balaban J connectivity index is 1.98. The third kappa shape index (κ3) is 2.63. The number of rotatable bonds is 2. The molecule has 3 aromatic rings. The van der Waals surface area contributed by atoms with Crippen molar-refractivity contribution >= 4 is 11.3 Å². The molecular weight excluding hydrogens is 295 g/mol. The summed E-state index contributed by atoms with van der Waals surface area (Å²) >= 11 is 1.68. The normalized spacial score (nSPS) is 10.5. The fraction of sp³-hybridized carbons (Fsp3) is 0.111. The number of hydrogen-bond donors (Lipinski definition) is 0. The molecule has 1 aromatic heterocycles. The van der Waals surface area contributed by atoms with E-state index in [1.54, 1.807) is 23.5 Å². The first-order valence-corrected chi connectivity index (χ1v) is 7.64. The lowest BCUT2D eigenvalue weighted by Crippen LogP contribution is -1.86. The molecule has 0 spiro atoms. The summed E-state index contributed by atoms with van der Waals surface area (Å²) in [5.74, 6) is -0.489. The number of aryl methyl sites for hydroxylation is 2. The van der Waals surface area contributed by atoms with Crippen molar-refractivity contribution in [2.75, 3.05) is 0 Å². The first-order valence-electron chi connectivity index (χ1n) is 6.83. The molecule has 108 valence electrons. The third-order valence-corrected chi connectivity index (χ3v) is 4.37. The van der Waals surface area contributed by atoms with Crippen LogP contribution in [0.15, 0.2) is 42.5 Å². The molecule has 0 saturated heterocycles. The summed E-state index contributed by atoms with van der Waals surface area (Å²) in [7, 11) is 0. The largest absolute Gasteiger partial charge is 0.241 e. The molecule has 0 N–H and O–H groups in total. The van der Waals surface area contributed by atoms with Gasteiger partial charge in [0.1, 0.15) is 11.9 Å². The monoisotopic (exact) mass is 308 g/mol. The Labute approximate surface area is 132 Å². The Bertz CT molecular complexity index is 873. The Morgan fingerprint density at radius 3 is 2.23 bits per heavy atom. The van der Waals surface area contributed by atoms with E-state index < -0.39 is 5.82 Å².